The molecule has 0 saturated carbocycles. The molecule has 0 spiro atoms. The molecular formula is C17H14ClN3O2S. The Bertz CT molecular complexity index is 893. The maximum absolute atomic E-state index is 12.5. The van der Waals surface area contributed by atoms with E-state index in [1.165, 1.54) is 0 Å². The van der Waals surface area contributed by atoms with Crippen LogP contribution in [0.15, 0.2) is 65.8 Å². The third kappa shape index (κ3) is 3.39. The van der Waals surface area contributed by atoms with Gasteiger partial charge in [-0.2, -0.15) is 5.10 Å². The molecule has 1 N–H and O–H groups in total. The summed E-state index contributed by atoms with van der Waals surface area (Å²) in [6, 6.07) is 13.7. The van der Waals surface area contributed by atoms with Crippen LogP contribution in [0.25, 0.3) is 5.69 Å². The largest absolute Gasteiger partial charge is 0.320 e. The third-order valence-corrected chi connectivity index (χ3v) is 4.66. The van der Waals surface area contributed by atoms with Gasteiger partial charge >= 0.3 is 0 Å². The van der Waals surface area contributed by atoms with Gasteiger partial charge in [-0.1, -0.05) is 17.7 Å². The molecule has 0 bridgehead atoms. The number of para-hydroxylation sites is 1. The summed E-state index contributed by atoms with van der Waals surface area (Å²) in [6.45, 7) is 0. The highest BCUT2D eigenvalue weighted by Gasteiger charge is 2.13. The lowest BCUT2D eigenvalue weighted by Crippen LogP contribution is -2.14. The van der Waals surface area contributed by atoms with Gasteiger partial charge in [0.2, 0.25) is 0 Å². The van der Waals surface area contributed by atoms with Gasteiger partial charge in [0.05, 0.1) is 10.7 Å². The van der Waals surface area contributed by atoms with Crippen LogP contribution in [0.2, 0.25) is 5.02 Å². The fourth-order valence-electron chi connectivity index (χ4n) is 2.24. The zero-order valence-electron chi connectivity index (χ0n) is 12.8. The van der Waals surface area contributed by atoms with E-state index < -0.39 is 10.8 Å². The second-order valence-electron chi connectivity index (χ2n) is 5.02. The van der Waals surface area contributed by atoms with E-state index in [2.05, 4.69) is 10.4 Å². The number of halogens is 1. The minimum atomic E-state index is -1.08. The van der Waals surface area contributed by atoms with Gasteiger partial charge in [-0.3, -0.25) is 9.00 Å². The first-order chi connectivity index (χ1) is 11.6. The van der Waals surface area contributed by atoms with Crippen molar-refractivity contribution in [2.75, 3.05) is 11.6 Å². The van der Waals surface area contributed by atoms with Gasteiger partial charge in [-0.15, -0.1) is 0 Å². The van der Waals surface area contributed by atoms with Gasteiger partial charge in [0.15, 0.2) is 0 Å². The Labute approximate surface area is 146 Å². The number of carbonyl (C=O) groups is 1. The zero-order chi connectivity index (χ0) is 17.1. The van der Waals surface area contributed by atoms with E-state index in [0.29, 0.717) is 26.9 Å². The molecule has 122 valence electrons. The SMILES string of the molecule is C[S@](=O)c1ccc(C(=O)Nc2cccc(Cl)c2-n2cccn2)cc1. The number of nitrogens with one attached hydrogen (secondary N) is 1. The van der Waals surface area contributed by atoms with Crippen molar-refractivity contribution in [3.8, 4) is 5.69 Å². The standard InChI is InChI=1S/C17H14ClN3O2S/c1-24(23)13-8-6-12(7-9-13)17(22)20-15-5-2-4-14(18)16(15)21-11-3-10-19-21/h2-11H,1H3,(H,20,22)/t24-/m0/s1. The minimum Gasteiger partial charge on any atom is -0.320 e. The Kier molecular flexibility index (Phi) is 4.78. The van der Waals surface area contributed by atoms with Crippen molar-refractivity contribution < 1.29 is 9.00 Å². The van der Waals surface area contributed by atoms with E-state index in [9.17, 15) is 9.00 Å². The molecule has 0 aliphatic carbocycles. The molecule has 3 aromatic rings. The maximum Gasteiger partial charge on any atom is 0.255 e. The van der Waals surface area contributed by atoms with Crippen molar-refractivity contribution in [3.05, 3.63) is 71.5 Å². The van der Waals surface area contributed by atoms with Gasteiger partial charge in [0, 0.05) is 39.9 Å². The smallest absolute Gasteiger partial charge is 0.255 e. The van der Waals surface area contributed by atoms with Crippen LogP contribution in [-0.4, -0.2) is 26.2 Å². The van der Waals surface area contributed by atoms with Crippen LogP contribution in [0.5, 0.6) is 0 Å². The molecule has 1 aromatic heterocycles. The maximum atomic E-state index is 12.5. The Balaban J connectivity index is 1.90. The molecule has 1 atom stereocenters. The van der Waals surface area contributed by atoms with Crippen LogP contribution in [-0.2, 0) is 10.8 Å². The first-order valence-corrected chi connectivity index (χ1v) is 9.03. The Morgan fingerprint density at radius 3 is 2.54 bits per heavy atom. The van der Waals surface area contributed by atoms with Gasteiger partial charge in [-0.05, 0) is 42.5 Å². The van der Waals surface area contributed by atoms with Crippen LogP contribution in [0, 0.1) is 0 Å². The van der Waals surface area contributed by atoms with Crippen LogP contribution in [0.4, 0.5) is 5.69 Å². The van der Waals surface area contributed by atoms with E-state index >= 15 is 0 Å². The first-order valence-electron chi connectivity index (χ1n) is 7.09. The predicted molar refractivity (Wildman–Crippen MR) is 95.3 cm³/mol. The van der Waals surface area contributed by atoms with Crippen LogP contribution in [0.1, 0.15) is 10.4 Å². The summed E-state index contributed by atoms with van der Waals surface area (Å²) in [5.41, 5.74) is 1.62. The number of rotatable bonds is 4. The third-order valence-electron chi connectivity index (χ3n) is 3.42. The second kappa shape index (κ2) is 6.98. The minimum absolute atomic E-state index is 0.279. The summed E-state index contributed by atoms with van der Waals surface area (Å²) in [4.78, 5) is 13.1. The van der Waals surface area contributed by atoms with E-state index in [0.717, 1.165) is 0 Å². The molecule has 0 aliphatic rings. The Morgan fingerprint density at radius 2 is 1.92 bits per heavy atom. The lowest BCUT2D eigenvalue weighted by atomic mass is 10.2. The molecule has 1 heterocycles. The van der Waals surface area contributed by atoms with Crippen LogP contribution in [0.3, 0.4) is 0 Å². The average molecular weight is 360 g/mol. The van der Waals surface area contributed by atoms with Gasteiger partial charge in [0.25, 0.3) is 5.91 Å². The number of anilines is 1. The Morgan fingerprint density at radius 1 is 1.17 bits per heavy atom. The number of benzene rings is 2. The molecule has 0 fully saturated rings. The molecule has 0 aliphatic heterocycles. The normalized spacial score (nSPS) is 11.9. The van der Waals surface area contributed by atoms with E-state index in [1.54, 1.807) is 71.9 Å². The average Bonchev–Trinajstić information content (AvgIpc) is 3.09. The van der Waals surface area contributed by atoms with Crippen molar-refractivity contribution in [2.24, 2.45) is 0 Å². The number of nitrogens with zero attached hydrogens (tertiary/aromatic N) is 2. The summed E-state index contributed by atoms with van der Waals surface area (Å²) in [5, 5.41) is 7.49. The quantitative estimate of drug-likeness (QED) is 0.775. The molecule has 1 amide bonds. The molecule has 5 nitrogen and oxygen atoms in total. The van der Waals surface area contributed by atoms with Crippen molar-refractivity contribution >= 4 is 34.0 Å². The molecule has 0 radical (unpaired) electrons. The summed E-state index contributed by atoms with van der Waals surface area (Å²) in [5.74, 6) is -0.279. The highest BCUT2D eigenvalue weighted by atomic mass is 35.5. The fraction of sp³-hybridized carbons (Fsp3) is 0.0588. The van der Waals surface area contributed by atoms with Crippen LogP contribution >= 0.6 is 11.6 Å². The monoisotopic (exact) mass is 359 g/mol. The lowest BCUT2D eigenvalue weighted by molar-refractivity contribution is 0.102. The highest BCUT2D eigenvalue weighted by Crippen LogP contribution is 2.28. The molecule has 3 rings (SSSR count). The summed E-state index contributed by atoms with van der Waals surface area (Å²) in [7, 11) is -1.08. The van der Waals surface area contributed by atoms with Crippen molar-refractivity contribution in [1.82, 2.24) is 9.78 Å². The number of carbonyl (C=O) groups excluding carboxylic acids is 1. The Hall–Kier alpha value is -2.44. The zero-order valence-corrected chi connectivity index (χ0v) is 14.3. The molecule has 24 heavy (non-hydrogen) atoms. The van der Waals surface area contributed by atoms with Crippen LogP contribution < -0.4 is 5.32 Å². The molecule has 0 saturated heterocycles. The lowest BCUT2D eigenvalue weighted by Gasteiger charge is -2.13. The van der Waals surface area contributed by atoms with E-state index in [4.69, 9.17) is 11.6 Å². The van der Waals surface area contributed by atoms with Gasteiger partial charge in [0.1, 0.15) is 5.69 Å². The predicted octanol–water partition coefficient (Wildman–Crippen LogP) is 3.52. The number of aromatic nitrogens is 2. The van der Waals surface area contributed by atoms with Crippen molar-refractivity contribution in [1.29, 1.82) is 0 Å². The summed E-state index contributed by atoms with van der Waals surface area (Å²) in [6.07, 6.45) is 4.98. The summed E-state index contributed by atoms with van der Waals surface area (Å²) >= 11 is 6.26. The summed E-state index contributed by atoms with van der Waals surface area (Å²) < 4.78 is 13.0. The molecule has 2 aromatic carbocycles. The number of amides is 1. The van der Waals surface area contributed by atoms with Gasteiger partial charge in [-0.25, -0.2) is 4.68 Å². The fourth-order valence-corrected chi connectivity index (χ4v) is 3.02. The first kappa shape index (κ1) is 16.4. The number of hydrogen-bond acceptors (Lipinski definition) is 3. The highest BCUT2D eigenvalue weighted by molar-refractivity contribution is 7.84. The van der Waals surface area contributed by atoms with Crippen molar-refractivity contribution in [3.63, 3.8) is 0 Å². The molecule has 7 heteroatoms. The van der Waals surface area contributed by atoms with E-state index in [-0.39, 0.29) is 5.91 Å². The number of hydrogen-bond donors (Lipinski definition) is 1. The topological polar surface area (TPSA) is 64.0 Å². The van der Waals surface area contributed by atoms with Gasteiger partial charge < -0.3 is 5.32 Å². The second-order valence-corrected chi connectivity index (χ2v) is 6.81. The molecule has 0 unspecified atom stereocenters. The van der Waals surface area contributed by atoms with Crippen molar-refractivity contribution in [2.45, 2.75) is 4.90 Å². The van der Waals surface area contributed by atoms with E-state index in [1.807, 2.05) is 0 Å². The molecular weight excluding hydrogens is 346 g/mol.